The number of alkyl halides is 3. The molecule has 3 heterocycles. The molecular weight excluding hydrogens is 265 g/mol. The SMILES string of the molecule is FC1OC2C(F)C(C#Cc3ccsc3)OC2C1F. The monoisotopic (exact) mass is 274 g/mol. The predicted molar refractivity (Wildman–Crippen MR) is 59.4 cm³/mol. The predicted octanol–water partition coefficient (Wildman–Crippen LogP) is 2.24. The van der Waals surface area contributed by atoms with Crippen molar-refractivity contribution in [3.8, 4) is 11.8 Å². The minimum atomic E-state index is -2.11. The first-order chi connectivity index (χ1) is 8.66. The van der Waals surface area contributed by atoms with E-state index in [1.54, 1.807) is 6.07 Å². The quantitative estimate of drug-likeness (QED) is 0.675. The van der Waals surface area contributed by atoms with Gasteiger partial charge in [-0.15, -0.1) is 0 Å². The van der Waals surface area contributed by atoms with Crippen molar-refractivity contribution in [2.45, 2.75) is 37.0 Å². The molecule has 2 fully saturated rings. The molecule has 0 saturated carbocycles. The summed E-state index contributed by atoms with van der Waals surface area (Å²) in [5.41, 5.74) is 0.744. The van der Waals surface area contributed by atoms with Crippen molar-refractivity contribution in [3.05, 3.63) is 22.4 Å². The lowest BCUT2D eigenvalue weighted by molar-refractivity contribution is -0.0801. The Hall–Kier alpha value is -1.03. The highest BCUT2D eigenvalue weighted by atomic mass is 32.1. The number of halogens is 3. The van der Waals surface area contributed by atoms with Gasteiger partial charge in [-0.1, -0.05) is 11.8 Å². The van der Waals surface area contributed by atoms with Gasteiger partial charge in [-0.2, -0.15) is 11.3 Å². The molecule has 2 aliphatic heterocycles. The summed E-state index contributed by atoms with van der Waals surface area (Å²) in [7, 11) is 0. The first-order valence-electron chi connectivity index (χ1n) is 5.43. The molecule has 0 N–H and O–H groups in total. The van der Waals surface area contributed by atoms with E-state index < -0.39 is 37.0 Å². The highest BCUT2D eigenvalue weighted by Gasteiger charge is 2.57. The summed E-state index contributed by atoms with van der Waals surface area (Å²) in [6.07, 6.45) is -9.13. The molecule has 1 aromatic heterocycles. The highest BCUT2D eigenvalue weighted by molar-refractivity contribution is 7.08. The maximum atomic E-state index is 13.8. The molecule has 1 aromatic rings. The van der Waals surface area contributed by atoms with Crippen molar-refractivity contribution in [2.24, 2.45) is 0 Å². The Balaban J connectivity index is 1.74. The van der Waals surface area contributed by atoms with Gasteiger partial charge in [-0.3, -0.25) is 0 Å². The average molecular weight is 274 g/mol. The standard InChI is InChI=1S/C12H9F3O2S/c13-8-7(2-1-6-3-4-18-5-6)16-11-9(14)12(15)17-10(8)11/h3-5,7-12H. The van der Waals surface area contributed by atoms with Crippen LogP contribution in [0.2, 0.25) is 0 Å². The lowest BCUT2D eigenvalue weighted by Gasteiger charge is -2.11. The Labute approximate surface area is 106 Å². The van der Waals surface area contributed by atoms with Crippen molar-refractivity contribution in [3.63, 3.8) is 0 Å². The fourth-order valence-corrected chi connectivity index (χ4v) is 2.65. The molecule has 6 atom stereocenters. The van der Waals surface area contributed by atoms with Gasteiger partial charge < -0.3 is 9.47 Å². The van der Waals surface area contributed by atoms with Gasteiger partial charge in [0.2, 0.25) is 6.36 Å². The Morgan fingerprint density at radius 3 is 2.56 bits per heavy atom. The van der Waals surface area contributed by atoms with Gasteiger partial charge in [0.15, 0.2) is 18.4 Å². The van der Waals surface area contributed by atoms with Crippen LogP contribution in [-0.2, 0) is 9.47 Å². The van der Waals surface area contributed by atoms with E-state index in [0.29, 0.717) is 0 Å². The lowest BCUT2D eigenvalue weighted by atomic mass is 10.1. The Kier molecular flexibility index (Phi) is 3.06. The summed E-state index contributed by atoms with van der Waals surface area (Å²) >= 11 is 1.47. The van der Waals surface area contributed by atoms with Crippen LogP contribution >= 0.6 is 11.3 Å². The molecule has 2 saturated heterocycles. The van der Waals surface area contributed by atoms with Gasteiger partial charge in [0, 0.05) is 10.9 Å². The molecule has 0 spiro atoms. The zero-order valence-electron chi connectivity index (χ0n) is 9.05. The zero-order chi connectivity index (χ0) is 12.7. The van der Waals surface area contributed by atoms with E-state index >= 15 is 0 Å². The van der Waals surface area contributed by atoms with Crippen LogP contribution in [0.1, 0.15) is 5.56 Å². The molecule has 0 bridgehead atoms. The van der Waals surface area contributed by atoms with Crippen LogP contribution in [-0.4, -0.2) is 37.0 Å². The molecule has 0 aromatic carbocycles. The molecule has 18 heavy (non-hydrogen) atoms. The van der Waals surface area contributed by atoms with Gasteiger partial charge in [0.05, 0.1) is 0 Å². The van der Waals surface area contributed by atoms with E-state index in [1.807, 2.05) is 10.8 Å². The number of fused-ring (bicyclic) bond motifs is 1. The van der Waals surface area contributed by atoms with Crippen LogP contribution in [0.3, 0.4) is 0 Å². The maximum Gasteiger partial charge on any atom is 0.233 e. The second-order valence-electron chi connectivity index (χ2n) is 4.14. The largest absolute Gasteiger partial charge is 0.353 e. The van der Waals surface area contributed by atoms with Crippen molar-refractivity contribution < 1.29 is 22.6 Å². The van der Waals surface area contributed by atoms with Gasteiger partial charge in [-0.05, 0) is 11.4 Å². The topological polar surface area (TPSA) is 18.5 Å². The third-order valence-corrected chi connectivity index (χ3v) is 3.65. The number of thiophene rings is 1. The average Bonchev–Trinajstić information content (AvgIpc) is 3.02. The smallest absolute Gasteiger partial charge is 0.233 e. The minimum Gasteiger partial charge on any atom is -0.353 e. The molecule has 6 unspecified atom stereocenters. The summed E-state index contributed by atoms with van der Waals surface area (Å²) in [6.45, 7) is 0. The fourth-order valence-electron chi connectivity index (χ4n) is 2.06. The van der Waals surface area contributed by atoms with Crippen LogP contribution in [0, 0.1) is 11.8 Å². The molecule has 2 nitrogen and oxygen atoms in total. The van der Waals surface area contributed by atoms with Gasteiger partial charge in [0.1, 0.15) is 12.2 Å². The van der Waals surface area contributed by atoms with Gasteiger partial charge in [-0.25, -0.2) is 13.2 Å². The van der Waals surface area contributed by atoms with Gasteiger partial charge in [0.25, 0.3) is 0 Å². The summed E-state index contributed by atoms with van der Waals surface area (Å²) in [5.74, 6) is 5.32. The van der Waals surface area contributed by atoms with Gasteiger partial charge >= 0.3 is 0 Å². The van der Waals surface area contributed by atoms with E-state index in [-0.39, 0.29) is 0 Å². The number of ether oxygens (including phenoxy) is 2. The molecule has 96 valence electrons. The number of hydrogen-bond donors (Lipinski definition) is 0. The van der Waals surface area contributed by atoms with Crippen molar-refractivity contribution in [1.82, 2.24) is 0 Å². The Morgan fingerprint density at radius 2 is 1.89 bits per heavy atom. The molecule has 0 aliphatic carbocycles. The van der Waals surface area contributed by atoms with Crippen molar-refractivity contribution in [1.29, 1.82) is 0 Å². The third kappa shape index (κ3) is 1.92. The second-order valence-corrected chi connectivity index (χ2v) is 4.92. The lowest BCUT2D eigenvalue weighted by Crippen LogP contribution is -2.28. The normalized spacial score (nSPS) is 42.4. The fraction of sp³-hybridized carbons (Fsp3) is 0.500. The van der Waals surface area contributed by atoms with Crippen molar-refractivity contribution in [2.75, 3.05) is 0 Å². The van der Waals surface area contributed by atoms with Crippen LogP contribution < -0.4 is 0 Å². The Bertz CT molecular complexity index is 481. The number of hydrogen-bond acceptors (Lipinski definition) is 3. The van der Waals surface area contributed by atoms with Crippen LogP contribution in [0.15, 0.2) is 16.8 Å². The highest BCUT2D eigenvalue weighted by Crippen LogP contribution is 2.38. The second kappa shape index (κ2) is 4.57. The van der Waals surface area contributed by atoms with E-state index in [4.69, 9.17) is 4.74 Å². The molecule has 0 radical (unpaired) electrons. The van der Waals surface area contributed by atoms with E-state index in [9.17, 15) is 13.2 Å². The molecule has 0 amide bonds. The minimum absolute atomic E-state index is 0.744. The molecule has 6 heteroatoms. The van der Waals surface area contributed by atoms with Crippen LogP contribution in [0.5, 0.6) is 0 Å². The van der Waals surface area contributed by atoms with E-state index in [0.717, 1.165) is 5.56 Å². The van der Waals surface area contributed by atoms with E-state index in [1.165, 1.54) is 11.3 Å². The van der Waals surface area contributed by atoms with Crippen LogP contribution in [0.4, 0.5) is 13.2 Å². The van der Waals surface area contributed by atoms with E-state index in [2.05, 4.69) is 16.6 Å². The molecular formula is C12H9F3O2S. The number of rotatable bonds is 0. The molecule has 2 aliphatic rings. The van der Waals surface area contributed by atoms with Crippen molar-refractivity contribution >= 4 is 11.3 Å². The first-order valence-corrected chi connectivity index (χ1v) is 6.38. The zero-order valence-corrected chi connectivity index (χ0v) is 9.87. The summed E-state index contributed by atoms with van der Waals surface area (Å²) in [6, 6.07) is 1.78. The Morgan fingerprint density at radius 1 is 1.11 bits per heavy atom. The first kappa shape index (κ1) is 12.0. The third-order valence-electron chi connectivity index (χ3n) is 2.96. The maximum absolute atomic E-state index is 13.8. The molecule has 3 rings (SSSR count). The summed E-state index contributed by atoms with van der Waals surface area (Å²) < 4.78 is 49.7. The summed E-state index contributed by atoms with van der Waals surface area (Å²) in [5, 5.41) is 3.65. The summed E-state index contributed by atoms with van der Waals surface area (Å²) in [4.78, 5) is 0. The van der Waals surface area contributed by atoms with Crippen LogP contribution in [0.25, 0.3) is 0 Å².